The lowest BCUT2D eigenvalue weighted by atomic mass is 10.2. The number of hydrogen-bond donors (Lipinski definition) is 1. The Hall–Kier alpha value is -0.940. The van der Waals surface area contributed by atoms with E-state index in [1.807, 2.05) is 37.3 Å². The number of hydrogen-bond acceptors (Lipinski definition) is 4. The van der Waals surface area contributed by atoms with Gasteiger partial charge in [-0.1, -0.05) is 30.3 Å². The predicted octanol–water partition coefficient (Wildman–Crippen LogP) is 1.86. The fourth-order valence-corrected chi connectivity index (χ4v) is 1.13. The van der Waals surface area contributed by atoms with Gasteiger partial charge in [-0.15, -0.1) is 0 Å². The predicted molar refractivity (Wildman–Crippen MR) is 71.5 cm³/mol. The van der Waals surface area contributed by atoms with Crippen LogP contribution in [0, 0.1) is 0 Å². The zero-order valence-electron chi connectivity index (χ0n) is 11.5. The van der Waals surface area contributed by atoms with Crippen LogP contribution in [0.1, 0.15) is 12.5 Å². The molecule has 1 aromatic carbocycles. The Kier molecular flexibility index (Phi) is 11.9. The van der Waals surface area contributed by atoms with Crippen molar-refractivity contribution >= 4 is 0 Å². The van der Waals surface area contributed by atoms with E-state index in [0.717, 1.165) is 5.56 Å². The van der Waals surface area contributed by atoms with Crippen LogP contribution in [-0.2, 0) is 20.8 Å². The smallest absolute Gasteiger partial charge is 0.0776 e. The summed E-state index contributed by atoms with van der Waals surface area (Å²) in [7, 11) is 3.33. The molecule has 1 N–H and O–H groups in total. The maximum Gasteiger partial charge on any atom is 0.0776 e. The first-order chi connectivity index (χ1) is 8.74. The molecule has 1 aromatic rings. The minimum absolute atomic E-state index is 0.0901. The Bertz CT molecular complexity index is 264. The van der Waals surface area contributed by atoms with Crippen LogP contribution in [0.15, 0.2) is 30.3 Å². The molecule has 0 saturated heterocycles. The molecule has 0 aliphatic heterocycles. The van der Waals surface area contributed by atoms with Crippen molar-refractivity contribution in [3.8, 4) is 0 Å². The summed E-state index contributed by atoms with van der Waals surface area (Å²) >= 11 is 0. The van der Waals surface area contributed by atoms with Crippen LogP contribution in [0.25, 0.3) is 0 Å². The van der Waals surface area contributed by atoms with Gasteiger partial charge in [-0.2, -0.15) is 0 Å². The molecule has 1 unspecified atom stereocenters. The number of aliphatic hydroxyl groups excluding tert-OH is 1. The van der Waals surface area contributed by atoms with Crippen molar-refractivity contribution in [2.75, 3.05) is 34.0 Å². The zero-order valence-corrected chi connectivity index (χ0v) is 11.5. The van der Waals surface area contributed by atoms with Gasteiger partial charge in [0.15, 0.2) is 0 Å². The highest BCUT2D eigenvalue weighted by Gasteiger charge is 1.93. The third-order valence-corrected chi connectivity index (χ3v) is 2.15. The molecule has 4 nitrogen and oxygen atoms in total. The SMILES string of the molecule is COCC(C)OC.OCCOCc1ccccc1. The molecule has 1 rings (SSSR count). The van der Waals surface area contributed by atoms with Gasteiger partial charge in [0.2, 0.25) is 0 Å². The summed E-state index contributed by atoms with van der Waals surface area (Å²) in [6.07, 6.45) is 0.227. The maximum atomic E-state index is 8.42. The third-order valence-electron chi connectivity index (χ3n) is 2.15. The van der Waals surface area contributed by atoms with Crippen LogP contribution in [0.4, 0.5) is 0 Å². The number of benzene rings is 1. The number of aliphatic hydroxyl groups is 1. The van der Waals surface area contributed by atoms with Crippen molar-refractivity contribution < 1.29 is 19.3 Å². The van der Waals surface area contributed by atoms with Crippen molar-refractivity contribution in [1.29, 1.82) is 0 Å². The first kappa shape index (κ1) is 17.1. The van der Waals surface area contributed by atoms with Crippen LogP contribution < -0.4 is 0 Å². The summed E-state index contributed by atoms with van der Waals surface area (Å²) in [5.74, 6) is 0. The molecule has 0 aliphatic rings. The van der Waals surface area contributed by atoms with Gasteiger partial charge in [-0.05, 0) is 12.5 Å². The first-order valence-corrected chi connectivity index (χ1v) is 5.98. The average molecular weight is 256 g/mol. The summed E-state index contributed by atoms with van der Waals surface area (Å²) in [6.45, 7) is 3.73. The third kappa shape index (κ3) is 10.2. The summed E-state index contributed by atoms with van der Waals surface area (Å²) in [5, 5.41) is 8.42. The van der Waals surface area contributed by atoms with Gasteiger partial charge < -0.3 is 19.3 Å². The van der Waals surface area contributed by atoms with Crippen LogP contribution in [0.3, 0.4) is 0 Å². The van der Waals surface area contributed by atoms with Gasteiger partial charge in [0, 0.05) is 14.2 Å². The molecule has 0 aromatic heterocycles. The number of methoxy groups -OCH3 is 2. The highest BCUT2D eigenvalue weighted by molar-refractivity contribution is 5.13. The number of rotatable bonds is 7. The molecule has 0 spiro atoms. The highest BCUT2D eigenvalue weighted by atomic mass is 16.5. The Morgan fingerprint density at radius 2 is 1.83 bits per heavy atom. The first-order valence-electron chi connectivity index (χ1n) is 5.98. The second-order valence-electron chi connectivity index (χ2n) is 3.76. The lowest BCUT2D eigenvalue weighted by Crippen LogP contribution is -2.11. The van der Waals surface area contributed by atoms with Crippen molar-refractivity contribution in [2.45, 2.75) is 19.6 Å². The lowest BCUT2D eigenvalue weighted by molar-refractivity contribution is 0.0401. The van der Waals surface area contributed by atoms with E-state index < -0.39 is 0 Å². The van der Waals surface area contributed by atoms with Crippen LogP contribution >= 0.6 is 0 Å². The largest absolute Gasteiger partial charge is 0.394 e. The van der Waals surface area contributed by atoms with E-state index in [4.69, 9.17) is 19.3 Å². The van der Waals surface area contributed by atoms with E-state index in [2.05, 4.69) is 0 Å². The molecule has 18 heavy (non-hydrogen) atoms. The Morgan fingerprint density at radius 1 is 1.17 bits per heavy atom. The minimum Gasteiger partial charge on any atom is -0.394 e. The molecule has 104 valence electrons. The van der Waals surface area contributed by atoms with Gasteiger partial charge >= 0.3 is 0 Å². The molecule has 0 radical (unpaired) electrons. The van der Waals surface area contributed by atoms with E-state index in [-0.39, 0.29) is 12.7 Å². The maximum absolute atomic E-state index is 8.42. The minimum atomic E-state index is 0.0901. The molecule has 0 amide bonds. The molecule has 4 heteroatoms. The summed E-state index contributed by atoms with van der Waals surface area (Å²) in [6, 6.07) is 9.90. The van der Waals surface area contributed by atoms with Crippen LogP contribution in [0.5, 0.6) is 0 Å². The summed E-state index contributed by atoms with van der Waals surface area (Å²) in [5.41, 5.74) is 1.14. The van der Waals surface area contributed by atoms with Crippen molar-refractivity contribution in [2.24, 2.45) is 0 Å². The van der Waals surface area contributed by atoms with Gasteiger partial charge in [-0.25, -0.2) is 0 Å². The second-order valence-corrected chi connectivity index (χ2v) is 3.76. The number of ether oxygens (including phenoxy) is 3. The van der Waals surface area contributed by atoms with Crippen molar-refractivity contribution in [1.82, 2.24) is 0 Å². The zero-order chi connectivity index (χ0) is 13.6. The fourth-order valence-electron chi connectivity index (χ4n) is 1.13. The van der Waals surface area contributed by atoms with E-state index >= 15 is 0 Å². The quantitative estimate of drug-likeness (QED) is 0.757. The van der Waals surface area contributed by atoms with Gasteiger partial charge in [-0.3, -0.25) is 0 Å². The van der Waals surface area contributed by atoms with E-state index in [0.29, 0.717) is 19.8 Å². The molecule has 0 heterocycles. The van der Waals surface area contributed by atoms with E-state index in [1.165, 1.54) is 0 Å². The van der Waals surface area contributed by atoms with Gasteiger partial charge in [0.1, 0.15) is 0 Å². The Morgan fingerprint density at radius 3 is 2.28 bits per heavy atom. The molecule has 0 aliphatic carbocycles. The lowest BCUT2D eigenvalue weighted by Gasteiger charge is -2.05. The van der Waals surface area contributed by atoms with E-state index in [1.54, 1.807) is 14.2 Å². The Balaban J connectivity index is 0.000000360. The summed E-state index contributed by atoms with van der Waals surface area (Å²) < 4.78 is 14.8. The monoisotopic (exact) mass is 256 g/mol. The molecular weight excluding hydrogens is 232 g/mol. The highest BCUT2D eigenvalue weighted by Crippen LogP contribution is 1.99. The topological polar surface area (TPSA) is 47.9 Å². The fraction of sp³-hybridized carbons (Fsp3) is 0.571. The van der Waals surface area contributed by atoms with Crippen LogP contribution in [0.2, 0.25) is 0 Å². The van der Waals surface area contributed by atoms with Crippen molar-refractivity contribution in [3.63, 3.8) is 0 Å². The summed E-state index contributed by atoms with van der Waals surface area (Å²) in [4.78, 5) is 0. The molecule has 0 bridgehead atoms. The van der Waals surface area contributed by atoms with Gasteiger partial charge in [0.25, 0.3) is 0 Å². The Labute approximate surface area is 109 Å². The molecular formula is C14H24O4. The van der Waals surface area contributed by atoms with Crippen LogP contribution in [-0.4, -0.2) is 45.3 Å². The van der Waals surface area contributed by atoms with Crippen molar-refractivity contribution in [3.05, 3.63) is 35.9 Å². The van der Waals surface area contributed by atoms with E-state index in [9.17, 15) is 0 Å². The van der Waals surface area contributed by atoms with Gasteiger partial charge in [0.05, 0.1) is 32.5 Å². The molecule has 1 atom stereocenters. The second kappa shape index (κ2) is 12.5. The standard InChI is InChI=1S/C9H12O2.C5H12O2/c10-6-7-11-8-9-4-2-1-3-5-9;1-5(7-3)4-6-2/h1-5,10H,6-8H2;5H,4H2,1-3H3. The molecule has 0 fully saturated rings. The normalized spacial score (nSPS) is 11.6. The average Bonchev–Trinajstić information content (AvgIpc) is 2.41. The molecule has 0 saturated carbocycles.